The summed E-state index contributed by atoms with van der Waals surface area (Å²) in [5.41, 5.74) is 0.617. The van der Waals surface area contributed by atoms with Crippen LogP contribution in [-0.4, -0.2) is 74.1 Å². The predicted octanol–water partition coefficient (Wildman–Crippen LogP) is 2.03. The van der Waals surface area contributed by atoms with Gasteiger partial charge in [-0.1, -0.05) is 11.6 Å². The lowest BCUT2D eigenvalue weighted by Gasteiger charge is -2.32. The van der Waals surface area contributed by atoms with Gasteiger partial charge < -0.3 is 15.0 Å². The molecule has 2 heterocycles. The molecule has 0 aliphatic carbocycles. The fraction of sp³-hybridized carbons (Fsp3) is 0.600. The average Bonchev–Trinajstić information content (AvgIpc) is 2.72. The molecule has 1 unspecified atom stereocenters. The van der Waals surface area contributed by atoms with E-state index in [1.165, 1.54) is 0 Å². The molecule has 0 bridgehead atoms. The van der Waals surface area contributed by atoms with Crippen LogP contribution in [0, 0.1) is 5.92 Å². The van der Waals surface area contributed by atoms with Crippen LogP contribution in [0.15, 0.2) is 24.3 Å². The molecule has 2 aliphatic rings. The van der Waals surface area contributed by atoms with Crippen molar-refractivity contribution in [1.29, 1.82) is 0 Å². The Morgan fingerprint density at radius 3 is 2.63 bits per heavy atom. The number of rotatable bonds is 6. The summed E-state index contributed by atoms with van der Waals surface area (Å²) in [7, 11) is 0. The van der Waals surface area contributed by atoms with E-state index in [0.717, 1.165) is 52.1 Å². The van der Waals surface area contributed by atoms with Crippen LogP contribution in [0.4, 0.5) is 0 Å². The number of morpholine rings is 1. The van der Waals surface area contributed by atoms with Gasteiger partial charge in [0, 0.05) is 43.3 Å². The van der Waals surface area contributed by atoms with Gasteiger partial charge in [0.15, 0.2) is 0 Å². The first-order valence-corrected chi connectivity index (χ1v) is 10.1. The highest BCUT2D eigenvalue weighted by molar-refractivity contribution is 6.30. The van der Waals surface area contributed by atoms with Gasteiger partial charge in [0.2, 0.25) is 5.91 Å². The number of carbonyl (C=O) groups excluding carboxylic acids is 2. The molecule has 1 aromatic carbocycles. The lowest BCUT2D eigenvalue weighted by Crippen LogP contribution is -2.46. The van der Waals surface area contributed by atoms with Gasteiger partial charge in [-0.3, -0.25) is 14.5 Å². The molecular weight excluding hydrogens is 366 g/mol. The van der Waals surface area contributed by atoms with Gasteiger partial charge in [0.25, 0.3) is 5.91 Å². The standard InChI is InChI=1S/C20H28ClN3O3/c21-18-6-4-16(5-7-18)20(26)24-10-1-3-17(15-24)19(25)22-8-2-9-23-11-13-27-14-12-23/h4-7,17H,1-3,8-15H2,(H,22,25). The van der Waals surface area contributed by atoms with Gasteiger partial charge in [-0.25, -0.2) is 0 Å². The fourth-order valence-electron chi connectivity index (χ4n) is 3.63. The van der Waals surface area contributed by atoms with Crippen LogP contribution in [0.5, 0.6) is 0 Å². The van der Waals surface area contributed by atoms with E-state index in [2.05, 4.69) is 10.2 Å². The molecule has 2 amide bonds. The number of ether oxygens (including phenoxy) is 1. The Bertz CT molecular complexity index is 632. The number of benzene rings is 1. The molecule has 2 fully saturated rings. The lowest BCUT2D eigenvalue weighted by atomic mass is 9.96. The third-order valence-electron chi connectivity index (χ3n) is 5.22. The van der Waals surface area contributed by atoms with Gasteiger partial charge in [-0.15, -0.1) is 0 Å². The first-order valence-electron chi connectivity index (χ1n) is 9.76. The van der Waals surface area contributed by atoms with E-state index in [1.54, 1.807) is 29.2 Å². The van der Waals surface area contributed by atoms with Crippen molar-refractivity contribution in [3.8, 4) is 0 Å². The molecule has 1 N–H and O–H groups in total. The number of halogens is 1. The highest BCUT2D eigenvalue weighted by Gasteiger charge is 2.28. The zero-order valence-corrected chi connectivity index (χ0v) is 16.4. The number of amides is 2. The maximum Gasteiger partial charge on any atom is 0.253 e. The smallest absolute Gasteiger partial charge is 0.253 e. The average molecular weight is 394 g/mol. The maximum absolute atomic E-state index is 12.7. The zero-order chi connectivity index (χ0) is 19.1. The number of carbonyl (C=O) groups is 2. The number of hydrogen-bond acceptors (Lipinski definition) is 4. The monoisotopic (exact) mass is 393 g/mol. The summed E-state index contributed by atoms with van der Waals surface area (Å²) in [4.78, 5) is 29.3. The molecule has 7 heteroatoms. The second-order valence-electron chi connectivity index (χ2n) is 7.20. The van der Waals surface area contributed by atoms with Crippen LogP contribution in [0.1, 0.15) is 29.6 Å². The number of likely N-dealkylation sites (tertiary alicyclic amines) is 1. The van der Waals surface area contributed by atoms with Gasteiger partial charge in [0.05, 0.1) is 19.1 Å². The van der Waals surface area contributed by atoms with Crippen molar-refractivity contribution in [2.24, 2.45) is 5.92 Å². The molecule has 2 aliphatic heterocycles. The summed E-state index contributed by atoms with van der Waals surface area (Å²) < 4.78 is 5.34. The minimum absolute atomic E-state index is 0.0310. The van der Waals surface area contributed by atoms with Gasteiger partial charge in [-0.2, -0.15) is 0 Å². The molecule has 148 valence electrons. The Labute approximate surface area is 165 Å². The summed E-state index contributed by atoms with van der Waals surface area (Å²) in [5, 5.41) is 3.66. The molecule has 1 aromatic rings. The number of nitrogens with zero attached hydrogens (tertiary/aromatic N) is 2. The van der Waals surface area contributed by atoms with Crippen molar-refractivity contribution < 1.29 is 14.3 Å². The van der Waals surface area contributed by atoms with E-state index in [-0.39, 0.29) is 17.7 Å². The fourth-order valence-corrected chi connectivity index (χ4v) is 3.76. The first-order chi connectivity index (χ1) is 13.1. The quantitative estimate of drug-likeness (QED) is 0.751. The zero-order valence-electron chi connectivity index (χ0n) is 15.7. The van der Waals surface area contributed by atoms with E-state index in [4.69, 9.17) is 16.3 Å². The molecular formula is C20H28ClN3O3. The van der Waals surface area contributed by atoms with Crippen molar-refractivity contribution >= 4 is 23.4 Å². The van der Waals surface area contributed by atoms with Crippen LogP contribution in [0.25, 0.3) is 0 Å². The highest BCUT2D eigenvalue weighted by atomic mass is 35.5. The molecule has 0 aromatic heterocycles. The summed E-state index contributed by atoms with van der Waals surface area (Å²) in [6.45, 7) is 6.38. The van der Waals surface area contributed by atoms with Crippen LogP contribution >= 0.6 is 11.6 Å². The summed E-state index contributed by atoms with van der Waals surface area (Å²) in [5.74, 6) is -0.0968. The Balaban J connectivity index is 1.42. The molecule has 3 rings (SSSR count). The third kappa shape index (κ3) is 5.92. The number of hydrogen-bond donors (Lipinski definition) is 1. The maximum atomic E-state index is 12.7. The van der Waals surface area contributed by atoms with Gasteiger partial charge >= 0.3 is 0 Å². The molecule has 2 saturated heterocycles. The molecule has 0 saturated carbocycles. The topological polar surface area (TPSA) is 61.9 Å². The minimum Gasteiger partial charge on any atom is -0.379 e. The van der Waals surface area contributed by atoms with E-state index in [9.17, 15) is 9.59 Å². The normalized spacial score (nSPS) is 21.1. The lowest BCUT2D eigenvalue weighted by molar-refractivity contribution is -0.126. The van der Waals surface area contributed by atoms with E-state index in [1.807, 2.05) is 0 Å². The molecule has 0 spiro atoms. The van der Waals surface area contributed by atoms with Crippen LogP contribution in [-0.2, 0) is 9.53 Å². The Morgan fingerprint density at radius 2 is 1.89 bits per heavy atom. The second kappa shape index (κ2) is 10.1. The SMILES string of the molecule is O=C(NCCCN1CCOCC1)C1CCCN(C(=O)c2ccc(Cl)cc2)C1. The number of nitrogens with one attached hydrogen (secondary N) is 1. The summed E-state index contributed by atoms with van der Waals surface area (Å²) in [6.07, 6.45) is 2.62. The van der Waals surface area contributed by atoms with Crippen molar-refractivity contribution in [2.75, 3.05) is 52.5 Å². The van der Waals surface area contributed by atoms with Crippen molar-refractivity contribution in [2.45, 2.75) is 19.3 Å². The van der Waals surface area contributed by atoms with Gasteiger partial charge in [0.1, 0.15) is 0 Å². The van der Waals surface area contributed by atoms with Crippen LogP contribution < -0.4 is 5.32 Å². The summed E-state index contributed by atoms with van der Waals surface area (Å²) >= 11 is 5.89. The molecule has 6 nitrogen and oxygen atoms in total. The van der Waals surface area contributed by atoms with Gasteiger partial charge in [-0.05, 0) is 50.1 Å². The summed E-state index contributed by atoms with van der Waals surface area (Å²) in [6, 6.07) is 6.91. The van der Waals surface area contributed by atoms with Crippen molar-refractivity contribution in [3.05, 3.63) is 34.9 Å². The van der Waals surface area contributed by atoms with E-state index in [0.29, 0.717) is 30.2 Å². The Hall–Kier alpha value is -1.63. The van der Waals surface area contributed by atoms with Crippen molar-refractivity contribution in [1.82, 2.24) is 15.1 Å². The Morgan fingerprint density at radius 1 is 1.15 bits per heavy atom. The minimum atomic E-state index is -0.126. The number of piperidine rings is 1. The highest BCUT2D eigenvalue weighted by Crippen LogP contribution is 2.20. The van der Waals surface area contributed by atoms with Crippen LogP contribution in [0.3, 0.4) is 0 Å². The molecule has 0 radical (unpaired) electrons. The molecule has 1 atom stereocenters. The second-order valence-corrected chi connectivity index (χ2v) is 7.63. The molecule has 27 heavy (non-hydrogen) atoms. The largest absolute Gasteiger partial charge is 0.379 e. The van der Waals surface area contributed by atoms with Crippen LogP contribution in [0.2, 0.25) is 5.02 Å². The van der Waals surface area contributed by atoms with Crippen molar-refractivity contribution in [3.63, 3.8) is 0 Å². The third-order valence-corrected chi connectivity index (χ3v) is 5.48. The van der Waals surface area contributed by atoms with E-state index >= 15 is 0 Å². The predicted molar refractivity (Wildman–Crippen MR) is 105 cm³/mol. The Kier molecular flexibility index (Phi) is 7.50. The van der Waals surface area contributed by atoms with E-state index < -0.39 is 0 Å². The first kappa shape index (κ1) is 20.1.